The van der Waals surface area contributed by atoms with Gasteiger partial charge >= 0.3 is 0 Å². The van der Waals surface area contributed by atoms with E-state index in [1.165, 1.54) is 4.90 Å². The zero-order valence-electron chi connectivity index (χ0n) is 29.4. The summed E-state index contributed by atoms with van der Waals surface area (Å²) < 4.78 is 36.3. The van der Waals surface area contributed by atoms with Crippen molar-refractivity contribution in [2.75, 3.05) is 48.0 Å². The molecule has 0 radical (unpaired) electrons. The third-order valence-electron chi connectivity index (χ3n) is 11.1. The molecule has 5 atom stereocenters. The van der Waals surface area contributed by atoms with Gasteiger partial charge in [0.2, 0.25) is 6.79 Å². The van der Waals surface area contributed by atoms with Crippen molar-refractivity contribution in [3.63, 3.8) is 0 Å². The summed E-state index contributed by atoms with van der Waals surface area (Å²) in [5, 5.41) is 11.1. The van der Waals surface area contributed by atoms with Gasteiger partial charge < -0.3 is 28.4 Å². The second-order valence-corrected chi connectivity index (χ2v) is 13.6. The Balaban J connectivity index is 1.37. The summed E-state index contributed by atoms with van der Waals surface area (Å²) in [6, 6.07) is 9.60. The molecule has 3 aromatic rings. The maximum absolute atomic E-state index is 13.9. The minimum absolute atomic E-state index is 0.00590. The van der Waals surface area contributed by atoms with E-state index >= 15 is 0 Å². The SMILES string of the molecule is C=CCOc1c(C)c2c(c3c1C[C@H]1[C@H]4c5c(cc(C)c(OC)c5OCOC)CC([C@H](C#N)N1[C@H]3CN1C(=O)c3ccccc3C1=O)N4C)OCO2. The number of carbonyl (C=O) groups excluding carboxylic acids is 2. The van der Waals surface area contributed by atoms with Crippen molar-refractivity contribution < 1.29 is 38.0 Å². The molecule has 51 heavy (non-hydrogen) atoms. The number of amides is 2. The van der Waals surface area contributed by atoms with Gasteiger partial charge in [0.1, 0.15) is 18.4 Å². The first-order chi connectivity index (χ1) is 24.7. The number of nitriles is 1. The maximum Gasteiger partial charge on any atom is 0.261 e. The van der Waals surface area contributed by atoms with Gasteiger partial charge in [-0.05, 0) is 57.0 Å². The number of hydrogen-bond acceptors (Lipinski definition) is 11. The molecule has 1 saturated heterocycles. The van der Waals surface area contributed by atoms with Gasteiger partial charge in [0.05, 0.1) is 36.4 Å². The number of nitrogens with zero attached hydrogens (tertiary/aromatic N) is 4. The van der Waals surface area contributed by atoms with Gasteiger partial charge in [-0.1, -0.05) is 30.9 Å². The highest BCUT2D eigenvalue weighted by atomic mass is 16.7. The Morgan fingerprint density at radius 1 is 0.980 bits per heavy atom. The van der Waals surface area contributed by atoms with Crippen molar-refractivity contribution in [1.29, 1.82) is 5.26 Å². The van der Waals surface area contributed by atoms with E-state index in [9.17, 15) is 14.9 Å². The molecule has 5 heterocycles. The summed E-state index contributed by atoms with van der Waals surface area (Å²) in [5.74, 6) is 2.25. The molecule has 0 N–H and O–H groups in total. The molecule has 8 rings (SSSR count). The minimum atomic E-state index is -0.635. The molecular weight excluding hydrogens is 652 g/mol. The van der Waals surface area contributed by atoms with Crippen molar-refractivity contribution in [2.45, 2.75) is 56.9 Å². The number of fused-ring (bicyclic) bond motifs is 10. The van der Waals surface area contributed by atoms with E-state index in [0.29, 0.717) is 52.7 Å². The number of methoxy groups -OCH3 is 2. The Hall–Kier alpha value is -5.09. The van der Waals surface area contributed by atoms with Crippen LogP contribution in [0.25, 0.3) is 0 Å². The monoisotopic (exact) mass is 692 g/mol. The number of ether oxygens (including phenoxy) is 6. The molecule has 3 aromatic carbocycles. The van der Waals surface area contributed by atoms with Crippen LogP contribution in [-0.2, 0) is 17.6 Å². The second kappa shape index (κ2) is 12.6. The fourth-order valence-electron chi connectivity index (χ4n) is 9.16. The highest BCUT2D eigenvalue weighted by Gasteiger charge is 2.57. The third-order valence-corrected chi connectivity index (χ3v) is 11.1. The lowest BCUT2D eigenvalue weighted by Gasteiger charge is -2.60. The predicted octanol–water partition coefficient (Wildman–Crippen LogP) is 4.66. The molecule has 5 aliphatic rings. The second-order valence-electron chi connectivity index (χ2n) is 13.6. The molecule has 1 unspecified atom stereocenters. The average molecular weight is 693 g/mol. The molecule has 0 saturated carbocycles. The number of imide groups is 1. The largest absolute Gasteiger partial charge is 0.493 e. The van der Waals surface area contributed by atoms with Crippen LogP contribution in [0.1, 0.15) is 66.2 Å². The number of hydrogen-bond donors (Lipinski definition) is 0. The summed E-state index contributed by atoms with van der Waals surface area (Å²) in [6.07, 6.45) is 2.74. The molecule has 2 amide bonds. The topological polar surface area (TPSA) is 123 Å². The molecule has 5 aliphatic heterocycles. The molecule has 0 spiro atoms. The van der Waals surface area contributed by atoms with Gasteiger partial charge in [0, 0.05) is 48.0 Å². The van der Waals surface area contributed by atoms with Gasteiger partial charge in [-0.2, -0.15) is 5.26 Å². The minimum Gasteiger partial charge on any atom is -0.493 e. The van der Waals surface area contributed by atoms with Gasteiger partial charge in [-0.25, -0.2) is 0 Å². The molecule has 264 valence electrons. The summed E-state index contributed by atoms with van der Waals surface area (Å²) in [4.78, 5) is 33.7. The summed E-state index contributed by atoms with van der Waals surface area (Å²) >= 11 is 0. The number of likely N-dealkylation sites (N-methyl/N-ethyl adjacent to an activating group) is 1. The lowest BCUT2D eigenvalue weighted by Crippen LogP contribution is -2.69. The van der Waals surface area contributed by atoms with Crippen LogP contribution in [0.4, 0.5) is 0 Å². The number of carbonyl (C=O) groups is 2. The molecule has 0 aromatic heterocycles. The van der Waals surface area contributed by atoms with Crippen molar-refractivity contribution in [1.82, 2.24) is 14.7 Å². The van der Waals surface area contributed by atoms with Crippen molar-refractivity contribution in [2.24, 2.45) is 0 Å². The van der Waals surface area contributed by atoms with Gasteiger partial charge in [0.15, 0.2) is 29.8 Å². The van der Waals surface area contributed by atoms with Crippen LogP contribution in [0.3, 0.4) is 0 Å². The van der Waals surface area contributed by atoms with E-state index in [-0.39, 0.29) is 56.7 Å². The Morgan fingerprint density at radius 2 is 1.71 bits per heavy atom. The van der Waals surface area contributed by atoms with E-state index in [0.717, 1.165) is 33.4 Å². The van der Waals surface area contributed by atoms with E-state index < -0.39 is 12.1 Å². The van der Waals surface area contributed by atoms with E-state index in [2.05, 4.69) is 35.6 Å². The third kappa shape index (κ3) is 4.75. The summed E-state index contributed by atoms with van der Waals surface area (Å²) in [6.45, 7) is 8.10. The standard InChI is InChI=1S/C39H40N4O8/c1-7-12-48-34-21(3)35-37(51-19-50-35)31-25(34)15-27-32-30-22(13-20(2)33(47-6)36(30)49-18-46-5)14-26(41(32)4)28(16-40)43(27)29(31)17-42-38(44)23-10-8-9-11-24(23)39(42)45/h7-11,13,26-29,32H,1,12,14-15,17-19H2,2-6H3/t26?,27-,28-,29-,32-/m0/s1. The fourth-order valence-corrected chi connectivity index (χ4v) is 9.16. The Kier molecular flexibility index (Phi) is 8.17. The highest BCUT2D eigenvalue weighted by Crippen LogP contribution is 2.59. The van der Waals surface area contributed by atoms with Crippen LogP contribution in [0.2, 0.25) is 0 Å². The van der Waals surface area contributed by atoms with Crippen LogP contribution in [0.5, 0.6) is 28.7 Å². The van der Waals surface area contributed by atoms with Gasteiger partial charge in [0.25, 0.3) is 11.8 Å². The quantitative estimate of drug-likeness (QED) is 0.177. The molecule has 0 aliphatic carbocycles. The zero-order chi connectivity index (χ0) is 35.7. The normalized spacial score (nSPS) is 24.3. The number of rotatable bonds is 9. The van der Waals surface area contributed by atoms with Crippen LogP contribution < -0.4 is 23.7 Å². The maximum atomic E-state index is 13.9. The van der Waals surface area contributed by atoms with Crippen molar-refractivity contribution >= 4 is 11.8 Å². The number of aryl methyl sites for hydroxylation is 1. The highest BCUT2D eigenvalue weighted by molar-refractivity contribution is 6.21. The molecule has 12 nitrogen and oxygen atoms in total. The fraction of sp³-hybridized carbons (Fsp3) is 0.410. The smallest absolute Gasteiger partial charge is 0.261 e. The lowest BCUT2D eigenvalue weighted by molar-refractivity contribution is -0.0766. The molecular formula is C39H40N4O8. The van der Waals surface area contributed by atoms with Crippen LogP contribution in [0, 0.1) is 25.2 Å². The summed E-state index contributed by atoms with van der Waals surface area (Å²) in [7, 11) is 5.27. The van der Waals surface area contributed by atoms with E-state index in [1.54, 1.807) is 44.6 Å². The van der Waals surface area contributed by atoms with E-state index in [1.807, 2.05) is 13.8 Å². The van der Waals surface area contributed by atoms with Gasteiger partial charge in [-0.3, -0.25) is 24.3 Å². The zero-order valence-corrected chi connectivity index (χ0v) is 29.4. The van der Waals surface area contributed by atoms with Gasteiger partial charge in [-0.15, -0.1) is 0 Å². The molecule has 1 fully saturated rings. The molecule has 12 heteroatoms. The number of benzene rings is 3. The Labute approximate surface area is 296 Å². The first-order valence-electron chi connectivity index (χ1n) is 17.1. The first kappa shape index (κ1) is 33.1. The van der Waals surface area contributed by atoms with Crippen LogP contribution >= 0.6 is 0 Å². The van der Waals surface area contributed by atoms with Crippen molar-refractivity contribution in [3.05, 3.63) is 87.5 Å². The first-order valence-corrected chi connectivity index (χ1v) is 17.1. The van der Waals surface area contributed by atoms with Crippen LogP contribution in [-0.4, -0.2) is 92.6 Å². The summed E-state index contributed by atoms with van der Waals surface area (Å²) in [5.41, 5.74) is 6.14. The predicted molar refractivity (Wildman–Crippen MR) is 185 cm³/mol. The van der Waals surface area contributed by atoms with Crippen molar-refractivity contribution in [3.8, 4) is 34.8 Å². The molecule has 2 bridgehead atoms. The lowest BCUT2D eigenvalue weighted by atomic mass is 9.71. The average Bonchev–Trinajstić information content (AvgIpc) is 3.71. The Bertz CT molecular complexity index is 1990. The Morgan fingerprint density at radius 3 is 2.37 bits per heavy atom. The van der Waals surface area contributed by atoms with E-state index in [4.69, 9.17) is 28.4 Å². The van der Waals surface area contributed by atoms with Crippen LogP contribution in [0.15, 0.2) is 43.0 Å². The number of piperazine rings is 1.